The van der Waals surface area contributed by atoms with Crippen molar-refractivity contribution in [2.24, 2.45) is 0 Å². The Labute approximate surface area is 149 Å². The fourth-order valence-electron chi connectivity index (χ4n) is 2.50. The number of rotatable bonds is 7. The summed E-state index contributed by atoms with van der Waals surface area (Å²) in [6.45, 7) is 2.55. The van der Waals surface area contributed by atoms with Gasteiger partial charge in [0.15, 0.2) is 18.1 Å². The lowest BCUT2D eigenvalue weighted by molar-refractivity contribution is -0.390. The number of pyridine rings is 1. The number of benzene rings is 1. The van der Waals surface area contributed by atoms with Gasteiger partial charge < -0.3 is 29.2 Å². The molecule has 26 heavy (non-hydrogen) atoms. The molecule has 0 N–H and O–H groups in total. The fraction of sp³-hybridized carbons (Fsp3) is 0.294. The second-order valence-electron chi connectivity index (χ2n) is 5.47. The summed E-state index contributed by atoms with van der Waals surface area (Å²) >= 11 is 0. The maximum atomic E-state index is 12.4. The normalized spacial score (nSPS) is 11.9. The lowest BCUT2D eigenvalue weighted by Gasteiger charge is -2.21. The number of carbonyl (C=O) groups excluding carboxylic acids is 1. The number of hydrogen-bond acceptors (Lipinski definition) is 7. The van der Waals surface area contributed by atoms with Crippen molar-refractivity contribution >= 4 is 11.7 Å². The highest BCUT2D eigenvalue weighted by Gasteiger charge is 2.20. The summed E-state index contributed by atoms with van der Waals surface area (Å²) in [6, 6.07) is 8.40. The van der Waals surface area contributed by atoms with Crippen molar-refractivity contribution in [3.8, 4) is 17.2 Å². The van der Waals surface area contributed by atoms with Crippen LogP contribution in [0.15, 0.2) is 36.5 Å². The molecule has 0 radical (unpaired) electrons. The molecule has 0 saturated heterocycles. The number of hydrogen-bond donors (Lipinski definition) is 0. The summed E-state index contributed by atoms with van der Waals surface area (Å²) in [6.07, 6.45) is 1.30. The van der Waals surface area contributed by atoms with Crippen molar-refractivity contribution in [1.82, 2.24) is 9.88 Å². The van der Waals surface area contributed by atoms with Crippen LogP contribution >= 0.6 is 0 Å². The number of ether oxygens (including phenoxy) is 3. The summed E-state index contributed by atoms with van der Waals surface area (Å²) in [5.74, 6) is 0.580. The maximum absolute atomic E-state index is 12.4. The van der Waals surface area contributed by atoms with E-state index in [1.165, 1.54) is 18.3 Å². The molecule has 1 aromatic carbocycles. The Kier molecular flexibility index (Phi) is 5.16. The lowest BCUT2D eigenvalue weighted by atomic mass is 10.2. The largest absolute Gasteiger partial charge is 0.476 e. The smallest absolute Gasteiger partial charge is 0.406 e. The van der Waals surface area contributed by atoms with Crippen molar-refractivity contribution in [3.05, 3.63) is 52.2 Å². The molecular formula is C17H17N3O6. The predicted octanol–water partition coefficient (Wildman–Crippen LogP) is 2.15. The summed E-state index contributed by atoms with van der Waals surface area (Å²) in [7, 11) is 0. The second-order valence-corrected chi connectivity index (χ2v) is 5.47. The van der Waals surface area contributed by atoms with Crippen molar-refractivity contribution in [1.29, 1.82) is 0 Å². The summed E-state index contributed by atoms with van der Waals surface area (Å²) in [5.41, 5.74) is 0.886. The van der Waals surface area contributed by atoms with Crippen LogP contribution in [-0.2, 0) is 11.3 Å². The number of likely N-dealkylation sites (N-methyl/N-ethyl adjacent to an activating group) is 1. The monoisotopic (exact) mass is 359 g/mol. The molecule has 1 aliphatic heterocycles. The van der Waals surface area contributed by atoms with Gasteiger partial charge in [0.05, 0.1) is 0 Å². The Bertz CT molecular complexity index is 826. The number of fused-ring (bicyclic) bond motifs is 1. The van der Waals surface area contributed by atoms with Gasteiger partial charge in [0.2, 0.25) is 12.5 Å². The first-order valence-corrected chi connectivity index (χ1v) is 7.97. The number of carbonyl (C=O) groups is 1. The van der Waals surface area contributed by atoms with Gasteiger partial charge in [-0.05, 0) is 46.7 Å². The highest BCUT2D eigenvalue weighted by atomic mass is 16.7. The van der Waals surface area contributed by atoms with E-state index >= 15 is 0 Å². The summed E-state index contributed by atoms with van der Waals surface area (Å²) in [5, 5.41) is 10.9. The van der Waals surface area contributed by atoms with E-state index in [2.05, 4.69) is 4.98 Å². The van der Waals surface area contributed by atoms with E-state index in [9.17, 15) is 14.9 Å². The van der Waals surface area contributed by atoms with E-state index in [0.717, 1.165) is 5.56 Å². The van der Waals surface area contributed by atoms with E-state index in [4.69, 9.17) is 14.2 Å². The SMILES string of the molecule is CCN(Cc1ccc2c(c1)OCO2)C(=O)COc1cccnc1[N+](=O)[O-]. The molecule has 1 amide bonds. The molecule has 0 unspecified atom stereocenters. The van der Waals surface area contributed by atoms with Crippen LogP contribution < -0.4 is 14.2 Å². The third-order valence-electron chi connectivity index (χ3n) is 3.82. The van der Waals surface area contributed by atoms with Gasteiger partial charge in [-0.15, -0.1) is 0 Å². The lowest BCUT2D eigenvalue weighted by Crippen LogP contribution is -2.34. The van der Waals surface area contributed by atoms with Crippen LogP contribution in [0.3, 0.4) is 0 Å². The van der Waals surface area contributed by atoms with E-state index in [0.29, 0.717) is 24.6 Å². The van der Waals surface area contributed by atoms with Crippen molar-refractivity contribution in [3.63, 3.8) is 0 Å². The second kappa shape index (κ2) is 7.68. The maximum Gasteiger partial charge on any atom is 0.406 e. The first-order valence-electron chi connectivity index (χ1n) is 7.97. The summed E-state index contributed by atoms with van der Waals surface area (Å²) in [4.78, 5) is 27.9. The van der Waals surface area contributed by atoms with E-state index in [-0.39, 0.29) is 25.1 Å². The fourth-order valence-corrected chi connectivity index (χ4v) is 2.50. The topological polar surface area (TPSA) is 104 Å². The van der Waals surface area contributed by atoms with Crippen LogP contribution in [0.2, 0.25) is 0 Å². The van der Waals surface area contributed by atoms with E-state index < -0.39 is 10.7 Å². The Morgan fingerprint density at radius 2 is 2.15 bits per heavy atom. The zero-order chi connectivity index (χ0) is 18.5. The third kappa shape index (κ3) is 3.82. The molecule has 2 heterocycles. The predicted molar refractivity (Wildman–Crippen MR) is 90.0 cm³/mol. The minimum Gasteiger partial charge on any atom is -0.476 e. The van der Waals surface area contributed by atoms with Crippen LogP contribution in [0.4, 0.5) is 5.82 Å². The minimum absolute atomic E-state index is 0.0371. The molecule has 0 atom stereocenters. The van der Waals surface area contributed by atoms with Gasteiger partial charge in [-0.25, -0.2) is 0 Å². The first-order chi connectivity index (χ1) is 12.6. The Balaban J connectivity index is 1.63. The molecule has 3 rings (SSSR count). The molecule has 0 saturated carbocycles. The highest BCUT2D eigenvalue weighted by molar-refractivity contribution is 5.77. The average molecular weight is 359 g/mol. The average Bonchev–Trinajstić information content (AvgIpc) is 3.12. The number of amides is 1. The quantitative estimate of drug-likeness (QED) is 0.551. The molecule has 0 bridgehead atoms. The first kappa shape index (κ1) is 17.5. The number of nitrogens with zero attached hydrogens (tertiary/aromatic N) is 3. The van der Waals surface area contributed by atoms with Crippen molar-refractivity contribution in [2.45, 2.75) is 13.5 Å². The zero-order valence-electron chi connectivity index (χ0n) is 14.1. The van der Waals surface area contributed by atoms with Gasteiger partial charge in [-0.1, -0.05) is 6.07 Å². The molecule has 0 spiro atoms. The highest BCUT2D eigenvalue weighted by Crippen LogP contribution is 2.32. The Hall–Kier alpha value is -3.36. The van der Waals surface area contributed by atoms with Crippen LogP contribution in [0.1, 0.15) is 12.5 Å². The van der Waals surface area contributed by atoms with E-state index in [1.54, 1.807) is 11.0 Å². The molecule has 9 heteroatoms. The Morgan fingerprint density at radius 1 is 1.35 bits per heavy atom. The zero-order valence-corrected chi connectivity index (χ0v) is 14.1. The van der Waals surface area contributed by atoms with Gasteiger partial charge in [0.25, 0.3) is 5.91 Å². The van der Waals surface area contributed by atoms with Crippen LogP contribution in [0.5, 0.6) is 17.2 Å². The van der Waals surface area contributed by atoms with Crippen LogP contribution in [0.25, 0.3) is 0 Å². The van der Waals surface area contributed by atoms with Gasteiger partial charge in [0.1, 0.15) is 6.20 Å². The third-order valence-corrected chi connectivity index (χ3v) is 3.82. The van der Waals surface area contributed by atoms with Gasteiger partial charge in [-0.2, -0.15) is 0 Å². The van der Waals surface area contributed by atoms with Crippen molar-refractivity contribution < 1.29 is 23.9 Å². The van der Waals surface area contributed by atoms with E-state index in [1.807, 2.05) is 19.1 Å². The molecule has 0 fully saturated rings. The number of aromatic nitrogens is 1. The Morgan fingerprint density at radius 3 is 2.92 bits per heavy atom. The molecule has 1 aliphatic rings. The summed E-state index contributed by atoms with van der Waals surface area (Å²) < 4.78 is 15.9. The molecule has 1 aromatic heterocycles. The minimum atomic E-state index is -0.649. The molecule has 0 aliphatic carbocycles. The van der Waals surface area contributed by atoms with Crippen LogP contribution in [-0.4, -0.2) is 40.7 Å². The molecule has 9 nitrogen and oxygen atoms in total. The molecule has 2 aromatic rings. The van der Waals surface area contributed by atoms with Crippen molar-refractivity contribution in [2.75, 3.05) is 19.9 Å². The standard InChI is InChI=1S/C17H17N3O6/c1-2-19(9-12-5-6-13-15(8-12)26-11-25-13)16(21)10-24-14-4-3-7-18-17(14)20(22)23/h3-8H,2,9-11H2,1H3. The molecular weight excluding hydrogens is 342 g/mol. The van der Waals surface area contributed by atoms with Crippen LogP contribution in [0, 0.1) is 10.1 Å². The van der Waals surface area contributed by atoms with Gasteiger partial charge in [0, 0.05) is 13.1 Å². The molecule has 136 valence electrons. The number of nitro groups is 1. The van der Waals surface area contributed by atoms with Gasteiger partial charge in [-0.3, -0.25) is 4.79 Å². The van der Waals surface area contributed by atoms with Gasteiger partial charge >= 0.3 is 5.82 Å².